The van der Waals surface area contributed by atoms with Gasteiger partial charge in [0.05, 0.1) is 0 Å². The summed E-state index contributed by atoms with van der Waals surface area (Å²) in [6.45, 7) is 0. The molecule has 5 nitrogen and oxygen atoms in total. The van der Waals surface area contributed by atoms with Gasteiger partial charge in [-0.15, -0.1) is 0 Å². The largest absolute Gasteiger partial charge is 0.480 e. The molecule has 0 bridgehead atoms. The van der Waals surface area contributed by atoms with Gasteiger partial charge in [0.1, 0.15) is 6.04 Å². The Morgan fingerprint density at radius 1 is 1.82 bits per heavy atom. The lowest BCUT2D eigenvalue weighted by Crippen LogP contribution is -2.34. The molecular formula is C6H6N2O3. The van der Waals surface area contributed by atoms with Crippen molar-refractivity contribution < 1.29 is 14.7 Å². The van der Waals surface area contributed by atoms with Crippen LogP contribution in [0.3, 0.4) is 0 Å². The van der Waals surface area contributed by atoms with E-state index in [4.69, 9.17) is 10.4 Å². The molecule has 11 heavy (non-hydrogen) atoms. The van der Waals surface area contributed by atoms with E-state index in [0.717, 1.165) is 0 Å². The zero-order valence-corrected chi connectivity index (χ0v) is 5.65. The van der Waals surface area contributed by atoms with Crippen molar-refractivity contribution in [3.63, 3.8) is 0 Å². The van der Waals surface area contributed by atoms with Crippen molar-refractivity contribution in [2.45, 2.75) is 18.9 Å². The van der Waals surface area contributed by atoms with Crippen LogP contribution in [0.15, 0.2) is 0 Å². The zero-order chi connectivity index (χ0) is 8.43. The first-order valence-electron chi connectivity index (χ1n) is 3.11. The van der Waals surface area contributed by atoms with Gasteiger partial charge in [0, 0.05) is 6.42 Å². The minimum Gasteiger partial charge on any atom is -0.480 e. The predicted molar refractivity (Wildman–Crippen MR) is 33.1 cm³/mol. The van der Waals surface area contributed by atoms with Gasteiger partial charge >= 0.3 is 5.97 Å². The first kappa shape index (κ1) is 7.54. The van der Waals surface area contributed by atoms with Crippen molar-refractivity contribution >= 4 is 11.9 Å². The molecule has 0 aromatic heterocycles. The average Bonchev–Trinajstić information content (AvgIpc) is 2.30. The van der Waals surface area contributed by atoms with Gasteiger partial charge in [0.15, 0.2) is 6.19 Å². The van der Waals surface area contributed by atoms with Gasteiger partial charge < -0.3 is 5.11 Å². The first-order chi connectivity index (χ1) is 5.16. The Balaban J connectivity index is 2.79. The zero-order valence-electron chi connectivity index (χ0n) is 5.65. The molecule has 1 aliphatic rings. The number of nitrogens with zero attached hydrogens (tertiary/aromatic N) is 2. The quantitative estimate of drug-likeness (QED) is 0.518. The molecule has 1 saturated heterocycles. The SMILES string of the molecule is N#CN1C(=O)CC[C@H]1C(=O)O. The van der Waals surface area contributed by atoms with E-state index in [1.165, 1.54) is 0 Å². The summed E-state index contributed by atoms with van der Waals surface area (Å²) in [4.78, 5) is 21.8. The van der Waals surface area contributed by atoms with Gasteiger partial charge in [0.2, 0.25) is 5.91 Å². The number of amides is 1. The summed E-state index contributed by atoms with van der Waals surface area (Å²) in [5.74, 6) is -1.52. The Hall–Kier alpha value is -1.57. The highest BCUT2D eigenvalue weighted by Crippen LogP contribution is 2.17. The number of carboxylic acid groups (broad SMARTS) is 1. The number of carbonyl (C=O) groups excluding carboxylic acids is 1. The number of aliphatic carboxylic acids is 1. The second-order valence-electron chi connectivity index (χ2n) is 2.26. The van der Waals surface area contributed by atoms with E-state index in [1.807, 2.05) is 0 Å². The fourth-order valence-electron chi connectivity index (χ4n) is 1.04. The van der Waals surface area contributed by atoms with Crippen LogP contribution in [0.1, 0.15) is 12.8 Å². The predicted octanol–water partition coefficient (Wildman–Crippen LogP) is -0.457. The fraction of sp³-hybridized carbons (Fsp3) is 0.500. The topological polar surface area (TPSA) is 81.4 Å². The molecule has 0 aliphatic carbocycles. The molecule has 1 amide bonds. The van der Waals surface area contributed by atoms with Crippen LogP contribution in [-0.2, 0) is 9.59 Å². The van der Waals surface area contributed by atoms with Gasteiger partial charge in [-0.25, -0.2) is 9.69 Å². The van der Waals surface area contributed by atoms with Crippen molar-refractivity contribution in [2.24, 2.45) is 0 Å². The van der Waals surface area contributed by atoms with E-state index >= 15 is 0 Å². The van der Waals surface area contributed by atoms with E-state index in [-0.39, 0.29) is 12.8 Å². The molecule has 1 aliphatic heterocycles. The molecule has 0 saturated carbocycles. The Labute approximate surface area is 62.8 Å². The molecule has 5 heteroatoms. The molecule has 0 spiro atoms. The summed E-state index contributed by atoms with van der Waals surface area (Å²) >= 11 is 0. The summed E-state index contributed by atoms with van der Waals surface area (Å²) in [7, 11) is 0. The third kappa shape index (κ3) is 1.15. The van der Waals surface area contributed by atoms with E-state index in [1.54, 1.807) is 6.19 Å². The smallest absolute Gasteiger partial charge is 0.327 e. The molecule has 1 heterocycles. The van der Waals surface area contributed by atoms with Crippen LogP contribution in [0.5, 0.6) is 0 Å². The number of hydrogen-bond donors (Lipinski definition) is 1. The number of likely N-dealkylation sites (tertiary alicyclic amines) is 1. The summed E-state index contributed by atoms with van der Waals surface area (Å²) in [6.07, 6.45) is 1.94. The van der Waals surface area contributed by atoms with E-state index in [0.29, 0.717) is 4.90 Å². The van der Waals surface area contributed by atoms with E-state index < -0.39 is 17.9 Å². The highest BCUT2D eigenvalue weighted by Gasteiger charge is 2.36. The van der Waals surface area contributed by atoms with Gasteiger partial charge in [-0.05, 0) is 6.42 Å². The highest BCUT2D eigenvalue weighted by atomic mass is 16.4. The summed E-state index contributed by atoms with van der Waals surface area (Å²) in [6, 6.07) is -0.938. The van der Waals surface area contributed by atoms with Crippen molar-refractivity contribution in [3.8, 4) is 6.19 Å². The van der Waals surface area contributed by atoms with Crippen LogP contribution in [0, 0.1) is 11.5 Å². The van der Waals surface area contributed by atoms with Gasteiger partial charge in [-0.3, -0.25) is 4.79 Å². The molecular weight excluding hydrogens is 148 g/mol. The maximum atomic E-state index is 10.8. The van der Waals surface area contributed by atoms with Crippen LogP contribution < -0.4 is 0 Å². The van der Waals surface area contributed by atoms with Crippen LogP contribution in [-0.4, -0.2) is 27.9 Å². The normalized spacial score (nSPS) is 23.4. The van der Waals surface area contributed by atoms with Crippen molar-refractivity contribution in [1.82, 2.24) is 4.90 Å². The van der Waals surface area contributed by atoms with E-state index in [2.05, 4.69) is 0 Å². The standard InChI is InChI=1S/C6H6N2O3/c7-3-8-4(6(10)11)1-2-5(8)9/h4H,1-2H2,(H,10,11)/t4-/m0/s1. The van der Waals surface area contributed by atoms with Crippen molar-refractivity contribution in [1.29, 1.82) is 5.26 Å². The van der Waals surface area contributed by atoms with E-state index in [9.17, 15) is 9.59 Å². The third-order valence-electron chi connectivity index (χ3n) is 1.60. The monoisotopic (exact) mass is 154 g/mol. The van der Waals surface area contributed by atoms with Crippen LogP contribution >= 0.6 is 0 Å². The molecule has 0 aromatic rings. The maximum absolute atomic E-state index is 10.8. The summed E-state index contributed by atoms with van der Waals surface area (Å²) in [5.41, 5.74) is 0. The molecule has 1 N–H and O–H groups in total. The molecule has 1 fully saturated rings. The average molecular weight is 154 g/mol. The minimum absolute atomic E-state index is 0.157. The molecule has 1 atom stereocenters. The lowest BCUT2D eigenvalue weighted by atomic mass is 10.2. The van der Waals surface area contributed by atoms with Gasteiger partial charge in [-0.2, -0.15) is 5.26 Å². The number of carbonyl (C=O) groups is 2. The molecule has 0 radical (unpaired) electrons. The third-order valence-corrected chi connectivity index (χ3v) is 1.60. The Kier molecular flexibility index (Phi) is 1.77. The molecule has 1 rings (SSSR count). The van der Waals surface area contributed by atoms with Crippen LogP contribution in [0.4, 0.5) is 0 Å². The number of carboxylic acids is 1. The van der Waals surface area contributed by atoms with Crippen LogP contribution in [0.25, 0.3) is 0 Å². The number of hydrogen-bond acceptors (Lipinski definition) is 3. The van der Waals surface area contributed by atoms with Gasteiger partial charge in [-0.1, -0.05) is 0 Å². The lowest BCUT2D eigenvalue weighted by Gasteiger charge is -2.10. The Bertz CT molecular complexity index is 243. The summed E-state index contributed by atoms with van der Waals surface area (Å²) in [5, 5.41) is 16.8. The Morgan fingerprint density at radius 3 is 2.82 bits per heavy atom. The molecule has 0 unspecified atom stereocenters. The number of rotatable bonds is 1. The molecule has 58 valence electrons. The second-order valence-corrected chi connectivity index (χ2v) is 2.26. The van der Waals surface area contributed by atoms with Crippen LogP contribution in [0.2, 0.25) is 0 Å². The molecule has 0 aromatic carbocycles. The fourth-order valence-corrected chi connectivity index (χ4v) is 1.04. The van der Waals surface area contributed by atoms with Gasteiger partial charge in [0.25, 0.3) is 0 Å². The number of nitriles is 1. The summed E-state index contributed by atoms with van der Waals surface area (Å²) < 4.78 is 0. The maximum Gasteiger partial charge on any atom is 0.327 e. The second kappa shape index (κ2) is 2.58. The van der Waals surface area contributed by atoms with Crippen molar-refractivity contribution in [3.05, 3.63) is 0 Å². The first-order valence-corrected chi connectivity index (χ1v) is 3.11. The highest BCUT2D eigenvalue weighted by molar-refractivity contribution is 5.88. The van der Waals surface area contributed by atoms with Crippen molar-refractivity contribution in [2.75, 3.05) is 0 Å². The minimum atomic E-state index is -1.11. The lowest BCUT2D eigenvalue weighted by molar-refractivity contribution is -0.144. The Morgan fingerprint density at radius 2 is 2.45 bits per heavy atom.